The van der Waals surface area contributed by atoms with Gasteiger partial charge in [0.2, 0.25) is 0 Å². The van der Waals surface area contributed by atoms with Gasteiger partial charge in [0, 0.05) is 6.20 Å². The number of nitrogens with zero attached hydrogens (tertiary/aromatic N) is 4. The van der Waals surface area contributed by atoms with E-state index in [2.05, 4.69) is 11.9 Å². The van der Waals surface area contributed by atoms with Crippen LogP contribution in [0.5, 0.6) is 11.5 Å². The van der Waals surface area contributed by atoms with Gasteiger partial charge in [-0.25, -0.2) is 9.97 Å². The maximum atomic E-state index is 13.8. The lowest BCUT2D eigenvalue weighted by Crippen LogP contribution is -2.29. The molecular formula is C33H32N4O5S. The largest absolute Gasteiger partial charge is 0.505 e. The predicted molar refractivity (Wildman–Crippen MR) is 167 cm³/mol. The Morgan fingerprint density at radius 1 is 1.00 bits per heavy atom. The summed E-state index contributed by atoms with van der Waals surface area (Å²) < 4.78 is 14.2. The molecule has 10 heteroatoms. The van der Waals surface area contributed by atoms with Crippen LogP contribution < -0.4 is 14.4 Å². The highest BCUT2D eigenvalue weighted by Gasteiger charge is 2.48. The van der Waals surface area contributed by atoms with Crippen LogP contribution in [0.4, 0.5) is 5.13 Å². The van der Waals surface area contributed by atoms with Crippen LogP contribution in [0.3, 0.4) is 0 Å². The molecule has 4 heterocycles. The van der Waals surface area contributed by atoms with Crippen LogP contribution in [-0.2, 0) is 9.59 Å². The molecule has 220 valence electrons. The van der Waals surface area contributed by atoms with Gasteiger partial charge >= 0.3 is 5.91 Å². The van der Waals surface area contributed by atoms with Gasteiger partial charge in [-0.05, 0) is 74.7 Å². The summed E-state index contributed by atoms with van der Waals surface area (Å²) in [4.78, 5) is 38.3. The number of anilines is 1. The number of fused-ring (bicyclic) bond motifs is 2. The number of aryl methyl sites for hydroxylation is 2. The number of ketones is 1. The van der Waals surface area contributed by atoms with E-state index in [1.807, 2.05) is 86.0 Å². The summed E-state index contributed by atoms with van der Waals surface area (Å²) in [6.45, 7) is 8.88. The van der Waals surface area contributed by atoms with Crippen LogP contribution in [0.15, 0.2) is 66.4 Å². The van der Waals surface area contributed by atoms with Gasteiger partial charge in [0.15, 0.2) is 10.9 Å². The zero-order valence-corrected chi connectivity index (χ0v) is 25.3. The summed E-state index contributed by atoms with van der Waals surface area (Å²) in [6.07, 6.45) is 3.80. The molecule has 0 bridgehead atoms. The number of ether oxygens (including phenoxy) is 2. The zero-order chi connectivity index (χ0) is 30.2. The number of carbonyl (C=O) groups is 2. The van der Waals surface area contributed by atoms with Gasteiger partial charge in [-0.15, -0.1) is 0 Å². The van der Waals surface area contributed by atoms with Crippen molar-refractivity contribution in [2.24, 2.45) is 0 Å². The summed E-state index contributed by atoms with van der Waals surface area (Å²) in [7, 11) is 0. The van der Waals surface area contributed by atoms with E-state index >= 15 is 0 Å². The normalized spacial score (nSPS) is 16.5. The van der Waals surface area contributed by atoms with Crippen LogP contribution in [0.1, 0.15) is 55.2 Å². The molecule has 0 aliphatic carbocycles. The quantitative estimate of drug-likeness (QED) is 0.0867. The number of rotatable bonds is 9. The second kappa shape index (κ2) is 11.5. The number of aliphatic hydroxyl groups is 1. The van der Waals surface area contributed by atoms with Crippen LogP contribution in [-0.4, -0.2) is 44.4 Å². The number of Topliss-reactive ketones (excluding diaryl/α,β-unsaturated/α-hetero) is 1. The summed E-state index contributed by atoms with van der Waals surface area (Å²) in [6, 6.07) is 15.7. The first-order valence-corrected chi connectivity index (χ1v) is 15.2. The molecule has 0 radical (unpaired) electrons. The SMILES string of the molecule is CCCCOc1ccc(C2C(=C(O)c3nc4c(C)cccn4c3C)C(=O)C(=O)N2c2nc3ccc(OCC)cc3s2)cc1. The fraction of sp³-hybridized carbons (Fsp3) is 0.273. The van der Waals surface area contributed by atoms with Crippen molar-refractivity contribution in [3.63, 3.8) is 0 Å². The molecule has 1 aliphatic rings. The molecule has 5 aromatic rings. The van der Waals surface area contributed by atoms with E-state index in [-0.39, 0.29) is 17.0 Å². The molecular weight excluding hydrogens is 564 g/mol. The molecule has 3 aromatic heterocycles. The van der Waals surface area contributed by atoms with Crippen LogP contribution in [0, 0.1) is 13.8 Å². The topological polar surface area (TPSA) is 106 Å². The van der Waals surface area contributed by atoms with E-state index in [1.54, 1.807) is 0 Å². The minimum atomic E-state index is -0.929. The first-order valence-electron chi connectivity index (χ1n) is 14.3. The van der Waals surface area contributed by atoms with Crippen molar-refractivity contribution in [1.82, 2.24) is 14.4 Å². The molecule has 9 nitrogen and oxygen atoms in total. The maximum absolute atomic E-state index is 13.8. The van der Waals surface area contributed by atoms with Crippen molar-refractivity contribution >= 4 is 49.8 Å². The van der Waals surface area contributed by atoms with E-state index in [0.29, 0.717) is 52.3 Å². The Balaban J connectivity index is 1.51. The summed E-state index contributed by atoms with van der Waals surface area (Å²) >= 11 is 1.29. The number of unbranched alkanes of at least 4 members (excludes halogenated alkanes) is 1. The molecule has 0 spiro atoms. The van der Waals surface area contributed by atoms with Crippen molar-refractivity contribution in [1.29, 1.82) is 0 Å². The number of pyridine rings is 1. The number of hydrogen-bond acceptors (Lipinski definition) is 8. The van der Waals surface area contributed by atoms with Crippen molar-refractivity contribution in [3.8, 4) is 11.5 Å². The van der Waals surface area contributed by atoms with Gasteiger partial charge in [0.25, 0.3) is 5.78 Å². The smallest absolute Gasteiger partial charge is 0.301 e. The van der Waals surface area contributed by atoms with Gasteiger partial charge in [0.05, 0.1) is 40.7 Å². The lowest BCUT2D eigenvalue weighted by atomic mass is 9.96. The van der Waals surface area contributed by atoms with Gasteiger partial charge in [0.1, 0.15) is 22.8 Å². The van der Waals surface area contributed by atoms with E-state index < -0.39 is 17.7 Å². The molecule has 43 heavy (non-hydrogen) atoms. The third kappa shape index (κ3) is 5.01. The number of imidazole rings is 1. The second-order valence-corrected chi connectivity index (χ2v) is 11.4. The van der Waals surface area contributed by atoms with E-state index in [1.165, 1.54) is 16.2 Å². The van der Waals surface area contributed by atoms with Crippen molar-refractivity contribution in [3.05, 3.63) is 88.9 Å². The fourth-order valence-corrected chi connectivity index (χ4v) is 6.37. The average Bonchev–Trinajstić information content (AvgIpc) is 3.65. The monoisotopic (exact) mass is 596 g/mol. The van der Waals surface area contributed by atoms with Crippen molar-refractivity contribution in [2.45, 2.75) is 46.6 Å². The standard InChI is InChI=1S/C33H32N4O5S/c1-5-7-17-42-22-12-10-21(11-13-22)28-26(29(38)27-20(4)36-16-8-9-19(3)31(36)35-27)30(39)32(40)37(28)33-34-24-15-14-23(41-6-2)18-25(24)43-33/h8-16,18,28,38H,5-7,17H2,1-4H3. The Morgan fingerprint density at radius 2 is 1.77 bits per heavy atom. The fourth-order valence-electron chi connectivity index (χ4n) is 5.35. The molecule has 1 fully saturated rings. The molecule has 1 atom stereocenters. The molecule has 1 amide bonds. The highest BCUT2D eigenvalue weighted by molar-refractivity contribution is 7.22. The van der Waals surface area contributed by atoms with Gasteiger partial charge in [-0.2, -0.15) is 0 Å². The minimum absolute atomic E-state index is 0.0388. The number of aliphatic hydroxyl groups excluding tert-OH is 1. The average molecular weight is 597 g/mol. The number of hydrogen-bond donors (Lipinski definition) is 1. The molecule has 2 aromatic carbocycles. The van der Waals surface area contributed by atoms with E-state index in [4.69, 9.17) is 14.5 Å². The van der Waals surface area contributed by atoms with Crippen molar-refractivity contribution in [2.75, 3.05) is 18.1 Å². The molecule has 1 aliphatic heterocycles. The zero-order valence-electron chi connectivity index (χ0n) is 24.5. The maximum Gasteiger partial charge on any atom is 0.301 e. The first kappa shape index (κ1) is 28.4. The Morgan fingerprint density at radius 3 is 2.49 bits per heavy atom. The first-order chi connectivity index (χ1) is 20.8. The summed E-state index contributed by atoms with van der Waals surface area (Å²) in [5.74, 6) is -0.511. The number of amides is 1. The van der Waals surface area contributed by atoms with Crippen LogP contribution in [0.25, 0.3) is 21.6 Å². The number of aromatic nitrogens is 3. The molecule has 1 saturated heterocycles. The number of benzene rings is 2. The molecule has 1 N–H and O–H groups in total. The van der Waals surface area contributed by atoms with Gasteiger partial charge in [-0.3, -0.25) is 14.5 Å². The van der Waals surface area contributed by atoms with Gasteiger partial charge in [-0.1, -0.05) is 42.9 Å². The lowest BCUT2D eigenvalue weighted by molar-refractivity contribution is -0.132. The Kier molecular flexibility index (Phi) is 7.62. The highest BCUT2D eigenvalue weighted by atomic mass is 32.1. The minimum Gasteiger partial charge on any atom is -0.505 e. The Bertz CT molecular complexity index is 1890. The van der Waals surface area contributed by atoms with Crippen molar-refractivity contribution < 1.29 is 24.2 Å². The Labute approximate surface area is 253 Å². The van der Waals surface area contributed by atoms with Gasteiger partial charge < -0.3 is 19.0 Å². The third-order valence-corrected chi connectivity index (χ3v) is 8.60. The molecule has 6 rings (SSSR count). The highest BCUT2D eigenvalue weighted by Crippen LogP contribution is 2.45. The lowest BCUT2D eigenvalue weighted by Gasteiger charge is -2.23. The third-order valence-electron chi connectivity index (χ3n) is 7.58. The van der Waals surface area contributed by atoms with E-state index in [0.717, 1.165) is 23.1 Å². The second-order valence-electron chi connectivity index (χ2n) is 10.4. The molecule has 0 saturated carbocycles. The van der Waals surface area contributed by atoms with E-state index in [9.17, 15) is 14.7 Å². The summed E-state index contributed by atoms with van der Waals surface area (Å²) in [5.41, 5.74) is 3.76. The van der Waals surface area contributed by atoms with Crippen LogP contribution >= 0.6 is 11.3 Å². The Hall–Kier alpha value is -4.70. The number of carbonyl (C=O) groups excluding carboxylic acids is 2. The van der Waals surface area contributed by atoms with Crippen LogP contribution in [0.2, 0.25) is 0 Å². The number of thiazole rings is 1. The summed E-state index contributed by atoms with van der Waals surface area (Å²) in [5, 5.41) is 12.1. The molecule has 1 unspecified atom stereocenters. The predicted octanol–water partition coefficient (Wildman–Crippen LogP) is 6.76.